The number of alkyl halides is 3. The Morgan fingerprint density at radius 2 is 1.68 bits per heavy atom. The molecule has 0 aliphatic carbocycles. The van der Waals surface area contributed by atoms with Crippen LogP contribution >= 0.6 is 0 Å². The third-order valence-corrected chi connectivity index (χ3v) is 7.93. The molecular weight excluding hydrogens is 603 g/mol. The lowest BCUT2D eigenvalue weighted by Crippen LogP contribution is -2.37. The standard InChI is InChI=1S/C37H36F3N5O2/c1-3-4-21-45(2)36(47)31(26-9-6-5-7-10-26)24-41-23-25-12-18-32-28(22-25)15-19-33(43-32)44-35(46)30-11-8-20-42-34(30)27-13-16-29(17-14-27)37(38,39)40/h5-20,22,31,41H,3-4,21,23-24H2,1-2H3,(H,43,44,46)/t31-/m1/s1. The van der Waals surface area contributed by atoms with Crippen LogP contribution in [0.4, 0.5) is 19.0 Å². The second-order valence-electron chi connectivity index (χ2n) is 11.4. The van der Waals surface area contributed by atoms with Crippen molar-refractivity contribution in [3.63, 3.8) is 0 Å². The number of anilines is 1. The quantitative estimate of drug-likeness (QED) is 0.146. The van der Waals surface area contributed by atoms with Crippen LogP contribution in [-0.4, -0.2) is 46.8 Å². The normalized spacial score (nSPS) is 12.1. The molecule has 7 nitrogen and oxygen atoms in total. The summed E-state index contributed by atoms with van der Waals surface area (Å²) in [7, 11) is 1.86. The topological polar surface area (TPSA) is 87.2 Å². The largest absolute Gasteiger partial charge is 0.416 e. The van der Waals surface area contributed by atoms with Crippen LogP contribution < -0.4 is 10.6 Å². The SMILES string of the molecule is CCCCN(C)C(=O)[C@H](CNCc1ccc2nc(NC(=O)c3cccnc3-c3ccc(C(F)(F)F)cc3)ccc2c1)c1ccccc1. The van der Waals surface area contributed by atoms with E-state index >= 15 is 0 Å². The molecule has 3 aromatic carbocycles. The Morgan fingerprint density at radius 3 is 2.40 bits per heavy atom. The van der Waals surface area contributed by atoms with Crippen molar-refractivity contribution in [3.8, 4) is 11.3 Å². The van der Waals surface area contributed by atoms with Gasteiger partial charge < -0.3 is 15.5 Å². The zero-order valence-electron chi connectivity index (χ0n) is 26.2. The van der Waals surface area contributed by atoms with E-state index < -0.39 is 17.6 Å². The van der Waals surface area contributed by atoms with Gasteiger partial charge in [-0.2, -0.15) is 13.2 Å². The lowest BCUT2D eigenvalue weighted by Gasteiger charge is -2.24. The number of hydrogen-bond acceptors (Lipinski definition) is 5. The van der Waals surface area contributed by atoms with Gasteiger partial charge in [0.25, 0.3) is 5.91 Å². The van der Waals surface area contributed by atoms with Crippen LogP contribution in [0.2, 0.25) is 0 Å². The van der Waals surface area contributed by atoms with Crippen molar-refractivity contribution in [2.24, 2.45) is 0 Å². The number of hydrogen-bond donors (Lipinski definition) is 2. The Morgan fingerprint density at radius 1 is 0.915 bits per heavy atom. The van der Waals surface area contributed by atoms with E-state index in [4.69, 9.17) is 0 Å². The fourth-order valence-electron chi connectivity index (χ4n) is 5.34. The van der Waals surface area contributed by atoms with Crippen LogP contribution in [0.25, 0.3) is 22.2 Å². The molecule has 2 aromatic heterocycles. The number of carbonyl (C=O) groups is 2. The Balaban J connectivity index is 1.25. The molecule has 0 saturated carbocycles. The molecule has 0 fully saturated rings. The predicted molar refractivity (Wildman–Crippen MR) is 178 cm³/mol. The van der Waals surface area contributed by atoms with E-state index in [1.165, 1.54) is 18.3 Å². The van der Waals surface area contributed by atoms with Crippen LogP contribution in [0.15, 0.2) is 103 Å². The van der Waals surface area contributed by atoms with E-state index in [-0.39, 0.29) is 23.1 Å². The summed E-state index contributed by atoms with van der Waals surface area (Å²) in [6, 6.07) is 26.9. The second-order valence-corrected chi connectivity index (χ2v) is 11.4. The summed E-state index contributed by atoms with van der Waals surface area (Å²) in [5.74, 6) is -0.367. The highest BCUT2D eigenvalue weighted by atomic mass is 19.4. The number of aromatic nitrogens is 2. The molecule has 0 radical (unpaired) electrons. The number of halogens is 3. The van der Waals surface area contributed by atoms with Crippen molar-refractivity contribution in [1.29, 1.82) is 0 Å². The number of nitrogens with one attached hydrogen (secondary N) is 2. The number of nitrogens with zero attached hydrogens (tertiary/aromatic N) is 3. The number of likely N-dealkylation sites (N-methyl/N-ethyl adjacent to an activating group) is 1. The van der Waals surface area contributed by atoms with Gasteiger partial charge in [0.05, 0.1) is 28.3 Å². The average Bonchev–Trinajstić information content (AvgIpc) is 3.08. The molecule has 2 heterocycles. The maximum Gasteiger partial charge on any atom is 0.416 e. The van der Waals surface area contributed by atoms with E-state index in [1.54, 1.807) is 18.2 Å². The first kappa shape index (κ1) is 33.3. The molecule has 2 N–H and O–H groups in total. The van der Waals surface area contributed by atoms with E-state index in [9.17, 15) is 22.8 Å². The lowest BCUT2D eigenvalue weighted by atomic mass is 9.97. The highest BCUT2D eigenvalue weighted by Gasteiger charge is 2.30. The van der Waals surface area contributed by atoms with Crippen LogP contribution in [0.5, 0.6) is 0 Å². The maximum atomic E-state index is 13.3. The minimum absolute atomic E-state index is 0.0900. The van der Waals surface area contributed by atoms with Crippen LogP contribution in [0.1, 0.15) is 52.7 Å². The fourth-order valence-corrected chi connectivity index (χ4v) is 5.34. The minimum Gasteiger partial charge on any atom is -0.345 e. The summed E-state index contributed by atoms with van der Waals surface area (Å²) in [5, 5.41) is 7.12. The van der Waals surface area contributed by atoms with Gasteiger partial charge >= 0.3 is 6.18 Å². The van der Waals surface area contributed by atoms with Crippen molar-refractivity contribution in [2.45, 2.75) is 38.4 Å². The van der Waals surface area contributed by atoms with Gasteiger partial charge in [-0.3, -0.25) is 14.6 Å². The molecule has 10 heteroatoms. The molecule has 0 unspecified atom stereocenters. The number of pyridine rings is 2. The van der Waals surface area contributed by atoms with Gasteiger partial charge in [0.2, 0.25) is 5.91 Å². The first-order valence-electron chi connectivity index (χ1n) is 15.5. The monoisotopic (exact) mass is 639 g/mol. The first-order valence-corrected chi connectivity index (χ1v) is 15.5. The average molecular weight is 640 g/mol. The molecule has 5 rings (SSSR count). The van der Waals surface area contributed by atoms with Gasteiger partial charge in [0.1, 0.15) is 5.82 Å². The molecule has 0 aliphatic rings. The Labute approximate surface area is 271 Å². The third-order valence-electron chi connectivity index (χ3n) is 7.93. The van der Waals surface area contributed by atoms with Crippen molar-refractivity contribution in [3.05, 3.63) is 126 Å². The zero-order chi connectivity index (χ0) is 33.4. The van der Waals surface area contributed by atoms with Gasteiger partial charge in [-0.05, 0) is 66.1 Å². The molecule has 0 saturated heterocycles. The number of carbonyl (C=O) groups excluding carboxylic acids is 2. The molecule has 0 spiro atoms. The summed E-state index contributed by atoms with van der Waals surface area (Å²) in [4.78, 5) is 37.2. The van der Waals surface area contributed by atoms with E-state index in [1.807, 2.05) is 66.5 Å². The number of fused-ring (bicyclic) bond motifs is 1. The number of benzene rings is 3. The van der Waals surface area contributed by atoms with Crippen LogP contribution in [0, 0.1) is 0 Å². The molecule has 2 amide bonds. The Bertz CT molecular complexity index is 1830. The minimum atomic E-state index is -4.46. The number of rotatable bonds is 12. The number of unbranched alkanes of at least 4 members (excludes halogenated alkanes) is 1. The van der Waals surface area contributed by atoms with Crippen molar-refractivity contribution in [2.75, 3.05) is 25.5 Å². The lowest BCUT2D eigenvalue weighted by molar-refractivity contribution is -0.137. The van der Waals surface area contributed by atoms with Gasteiger partial charge in [-0.15, -0.1) is 0 Å². The molecule has 0 aliphatic heterocycles. The molecular formula is C37H36F3N5O2. The predicted octanol–water partition coefficient (Wildman–Crippen LogP) is 7.70. The fraction of sp³-hybridized carbons (Fsp3) is 0.243. The smallest absolute Gasteiger partial charge is 0.345 e. The number of amides is 2. The van der Waals surface area contributed by atoms with Gasteiger partial charge in [-0.1, -0.05) is 61.9 Å². The van der Waals surface area contributed by atoms with Crippen molar-refractivity contribution >= 4 is 28.5 Å². The summed E-state index contributed by atoms with van der Waals surface area (Å²) in [5.41, 5.74) is 2.75. The molecule has 1 atom stereocenters. The maximum absolute atomic E-state index is 13.3. The first-order chi connectivity index (χ1) is 22.6. The van der Waals surface area contributed by atoms with Crippen LogP contribution in [-0.2, 0) is 17.5 Å². The van der Waals surface area contributed by atoms with Gasteiger partial charge in [0.15, 0.2) is 0 Å². The second kappa shape index (κ2) is 15.0. The highest BCUT2D eigenvalue weighted by molar-refractivity contribution is 6.08. The summed E-state index contributed by atoms with van der Waals surface area (Å²) < 4.78 is 39.1. The van der Waals surface area contributed by atoms with Crippen LogP contribution in [0.3, 0.4) is 0 Å². The van der Waals surface area contributed by atoms with Crippen molar-refractivity contribution < 1.29 is 22.8 Å². The summed E-state index contributed by atoms with van der Waals surface area (Å²) >= 11 is 0. The molecule has 5 aromatic rings. The highest BCUT2D eigenvalue weighted by Crippen LogP contribution is 2.31. The van der Waals surface area contributed by atoms with E-state index in [0.29, 0.717) is 30.0 Å². The van der Waals surface area contributed by atoms with Gasteiger partial charge in [0, 0.05) is 43.8 Å². The summed E-state index contributed by atoms with van der Waals surface area (Å²) in [6.45, 7) is 3.87. The molecule has 47 heavy (non-hydrogen) atoms. The molecule has 242 valence electrons. The van der Waals surface area contributed by atoms with Crippen molar-refractivity contribution in [1.82, 2.24) is 20.2 Å². The third kappa shape index (κ3) is 8.39. The zero-order valence-corrected chi connectivity index (χ0v) is 26.2. The van der Waals surface area contributed by atoms with E-state index in [0.717, 1.165) is 48.0 Å². The summed E-state index contributed by atoms with van der Waals surface area (Å²) in [6.07, 6.45) is -0.996. The van der Waals surface area contributed by atoms with E-state index in [2.05, 4.69) is 27.5 Å². The van der Waals surface area contributed by atoms with Gasteiger partial charge in [-0.25, -0.2) is 4.98 Å². The molecule has 0 bridgehead atoms. The Kier molecular flexibility index (Phi) is 10.6. The Hall–Kier alpha value is -5.09.